The Hall–Kier alpha value is -1.10. The van der Waals surface area contributed by atoms with Crippen molar-refractivity contribution in [2.24, 2.45) is 11.1 Å². The van der Waals surface area contributed by atoms with Crippen molar-refractivity contribution in [2.75, 3.05) is 19.6 Å². The molecular weight excluding hydrogens is 218 g/mol. The molecule has 1 atom stereocenters. The molecule has 1 saturated heterocycles. The largest absolute Gasteiger partial charge is 0.353 e. The van der Waals surface area contributed by atoms with Gasteiger partial charge in [0.05, 0.1) is 0 Å². The lowest BCUT2D eigenvalue weighted by molar-refractivity contribution is -0.145. The smallest absolute Gasteiger partial charge is 0.242 e. The molecule has 0 radical (unpaired) electrons. The predicted molar refractivity (Wildman–Crippen MR) is 64.1 cm³/mol. The second-order valence-electron chi connectivity index (χ2n) is 5.29. The molecule has 1 unspecified atom stereocenters. The first kappa shape index (κ1) is 12.4. The number of rotatable bonds is 3. The average Bonchev–Trinajstić information content (AvgIpc) is 2.27. The van der Waals surface area contributed by atoms with Crippen molar-refractivity contribution in [3.8, 4) is 0 Å². The molecule has 0 spiro atoms. The highest BCUT2D eigenvalue weighted by atomic mass is 16.2. The summed E-state index contributed by atoms with van der Waals surface area (Å²) in [6, 6.07) is -0.342. The van der Waals surface area contributed by atoms with Crippen molar-refractivity contribution in [1.29, 1.82) is 0 Å². The van der Waals surface area contributed by atoms with Gasteiger partial charge in [-0.05, 0) is 31.7 Å². The summed E-state index contributed by atoms with van der Waals surface area (Å²) in [5, 5.41) is 2.76. The first-order valence-corrected chi connectivity index (χ1v) is 6.35. The summed E-state index contributed by atoms with van der Waals surface area (Å²) in [5.74, 6) is 0.0255. The topological polar surface area (TPSA) is 75.4 Å². The molecule has 1 saturated carbocycles. The molecule has 2 fully saturated rings. The summed E-state index contributed by atoms with van der Waals surface area (Å²) in [6.45, 7) is 3.53. The molecule has 1 heterocycles. The number of nitrogens with zero attached hydrogens (tertiary/aromatic N) is 1. The lowest BCUT2D eigenvalue weighted by atomic mass is 9.66. The molecule has 1 aliphatic carbocycles. The van der Waals surface area contributed by atoms with Gasteiger partial charge >= 0.3 is 0 Å². The predicted octanol–water partition coefficient (Wildman–Crippen LogP) is -0.148. The van der Waals surface area contributed by atoms with Gasteiger partial charge in [-0.25, -0.2) is 0 Å². The minimum Gasteiger partial charge on any atom is -0.353 e. The molecule has 3 N–H and O–H groups in total. The van der Waals surface area contributed by atoms with E-state index in [-0.39, 0.29) is 23.3 Å². The number of hydrogen-bond donors (Lipinski definition) is 2. The van der Waals surface area contributed by atoms with Crippen LogP contribution in [-0.2, 0) is 9.59 Å². The zero-order valence-electron chi connectivity index (χ0n) is 10.4. The van der Waals surface area contributed by atoms with Gasteiger partial charge in [0, 0.05) is 19.5 Å². The number of amides is 2. The van der Waals surface area contributed by atoms with Gasteiger partial charge in [0.2, 0.25) is 11.8 Å². The van der Waals surface area contributed by atoms with Gasteiger partial charge in [-0.15, -0.1) is 0 Å². The summed E-state index contributed by atoms with van der Waals surface area (Å²) in [5.41, 5.74) is 5.78. The van der Waals surface area contributed by atoms with E-state index in [0.29, 0.717) is 26.1 Å². The third-order valence-corrected chi connectivity index (χ3v) is 4.19. The van der Waals surface area contributed by atoms with Crippen molar-refractivity contribution < 1.29 is 9.59 Å². The Morgan fingerprint density at radius 1 is 1.59 bits per heavy atom. The highest BCUT2D eigenvalue weighted by Gasteiger charge is 2.40. The van der Waals surface area contributed by atoms with Gasteiger partial charge in [-0.3, -0.25) is 9.59 Å². The zero-order valence-corrected chi connectivity index (χ0v) is 10.4. The second kappa shape index (κ2) is 4.64. The van der Waals surface area contributed by atoms with Crippen molar-refractivity contribution in [1.82, 2.24) is 10.2 Å². The first-order valence-electron chi connectivity index (χ1n) is 6.35. The minimum absolute atomic E-state index is 0.0186. The molecule has 2 aliphatic rings. The Kier molecular flexibility index (Phi) is 3.38. The third-order valence-electron chi connectivity index (χ3n) is 4.19. The van der Waals surface area contributed by atoms with Crippen LogP contribution in [0.5, 0.6) is 0 Å². The van der Waals surface area contributed by atoms with Crippen LogP contribution in [0.1, 0.15) is 32.6 Å². The van der Waals surface area contributed by atoms with E-state index in [1.807, 2.05) is 0 Å². The number of nitrogens with two attached hydrogens (primary N) is 1. The Labute approximate surface area is 102 Å². The maximum atomic E-state index is 12.2. The monoisotopic (exact) mass is 239 g/mol. The van der Waals surface area contributed by atoms with Crippen LogP contribution in [0.4, 0.5) is 0 Å². The lowest BCUT2D eigenvalue weighted by Gasteiger charge is -2.43. The van der Waals surface area contributed by atoms with E-state index in [0.717, 1.165) is 12.8 Å². The van der Waals surface area contributed by atoms with Crippen molar-refractivity contribution in [2.45, 2.75) is 38.6 Å². The molecule has 2 rings (SSSR count). The molecule has 2 amide bonds. The van der Waals surface area contributed by atoms with Crippen molar-refractivity contribution in [3.05, 3.63) is 0 Å². The SMILES string of the molecule is CC1C(=O)NCCN1C(=O)CC1(CN)CCC1. The van der Waals surface area contributed by atoms with Crippen LogP contribution >= 0.6 is 0 Å². The molecule has 0 bridgehead atoms. The maximum absolute atomic E-state index is 12.2. The summed E-state index contributed by atoms with van der Waals surface area (Å²) in [6.07, 6.45) is 3.76. The van der Waals surface area contributed by atoms with Crippen LogP contribution in [0.3, 0.4) is 0 Å². The first-order chi connectivity index (χ1) is 8.08. The van der Waals surface area contributed by atoms with Crippen LogP contribution in [0.15, 0.2) is 0 Å². The van der Waals surface area contributed by atoms with Crippen LogP contribution < -0.4 is 11.1 Å². The Morgan fingerprint density at radius 3 is 2.82 bits per heavy atom. The zero-order chi connectivity index (χ0) is 12.5. The van der Waals surface area contributed by atoms with Gasteiger partial charge in [-0.2, -0.15) is 0 Å². The number of carbonyl (C=O) groups excluding carboxylic acids is 2. The van der Waals surface area contributed by atoms with Gasteiger partial charge in [0.15, 0.2) is 0 Å². The molecule has 5 heteroatoms. The Balaban J connectivity index is 1.97. The number of hydrogen-bond acceptors (Lipinski definition) is 3. The van der Waals surface area contributed by atoms with E-state index < -0.39 is 0 Å². The van der Waals surface area contributed by atoms with E-state index in [1.54, 1.807) is 11.8 Å². The fraction of sp³-hybridized carbons (Fsp3) is 0.833. The second-order valence-corrected chi connectivity index (χ2v) is 5.29. The highest BCUT2D eigenvalue weighted by molar-refractivity contribution is 5.88. The summed E-state index contributed by atoms with van der Waals surface area (Å²) >= 11 is 0. The summed E-state index contributed by atoms with van der Waals surface area (Å²) < 4.78 is 0. The van der Waals surface area contributed by atoms with Crippen LogP contribution in [-0.4, -0.2) is 42.4 Å². The van der Waals surface area contributed by atoms with E-state index in [2.05, 4.69) is 5.32 Å². The quantitative estimate of drug-likeness (QED) is 0.719. The van der Waals surface area contributed by atoms with Crippen LogP contribution in [0, 0.1) is 5.41 Å². The molecule has 5 nitrogen and oxygen atoms in total. The molecule has 0 aromatic heterocycles. The van der Waals surface area contributed by atoms with Gasteiger partial charge in [-0.1, -0.05) is 6.42 Å². The number of carbonyl (C=O) groups is 2. The van der Waals surface area contributed by atoms with E-state index in [9.17, 15) is 9.59 Å². The Bertz CT molecular complexity index is 320. The summed E-state index contributed by atoms with van der Waals surface area (Å²) in [7, 11) is 0. The van der Waals surface area contributed by atoms with E-state index in [1.165, 1.54) is 6.42 Å². The molecule has 17 heavy (non-hydrogen) atoms. The molecule has 1 aliphatic heterocycles. The fourth-order valence-electron chi connectivity index (χ4n) is 2.68. The summed E-state index contributed by atoms with van der Waals surface area (Å²) in [4.78, 5) is 25.4. The van der Waals surface area contributed by atoms with E-state index in [4.69, 9.17) is 5.73 Å². The van der Waals surface area contributed by atoms with Gasteiger partial charge in [0.25, 0.3) is 0 Å². The minimum atomic E-state index is -0.342. The average molecular weight is 239 g/mol. The Morgan fingerprint density at radius 2 is 2.29 bits per heavy atom. The van der Waals surface area contributed by atoms with Gasteiger partial charge < -0.3 is 16.0 Å². The highest BCUT2D eigenvalue weighted by Crippen LogP contribution is 2.43. The molecule has 0 aromatic carbocycles. The van der Waals surface area contributed by atoms with Gasteiger partial charge in [0.1, 0.15) is 6.04 Å². The molecular formula is C12H21N3O2. The molecule has 0 aromatic rings. The van der Waals surface area contributed by atoms with E-state index >= 15 is 0 Å². The number of nitrogens with one attached hydrogen (secondary N) is 1. The van der Waals surface area contributed by atoms with Crippen molar-refractivity contribution in [3.63, 3.8) is 0 Å². The third kappa shape index (κ3) is 2.29. The normalized spacial score (nSPS) is 27.3. The molecule has 96 valence electrons. The fourth-order valence-corrected chi connectivity index (χ4v) is 2.68. The van der Waals surface area contributed by atoms with Crippen molar-refractivity contribution >= 4 is 11.8 Å². The lowest BCUT2D eigenvalue weighted by Crippen LogP contribution is -2.57. The number of piperazine rings is 1. The van der Waals surface area contributed by atoms with Crippen LogP contribution in [0.2, 0.25) is 0 Å². The standard InChI is InChI=1S/C12H21N3O2/c1-9-11(17)14-5-6-15(9)10(16)7-12(8-13)3-2-4-12/h9H,2-8,13H2,1H3,(H,14,17). The maximum Gasteiger partial charge on any atom is 0.242 e. The van der Waals surface area contributed by atoms with Crippen LogP contribution in [0.25, 0.3) is 0 Å².